The molecule has 0 saturated carbocycles. The number of ether oxygens (including phenoxy) is 1. The van der Waals surface area contributed by atoms with Gasteiger partial charge in [-0.2, -0.15) is 0 Å². The first-order valence-electron chi connectivity index (χ1n) is 7.42. The Morgan fingerprint density at radius 2 is 2.27 bits per heavy atom. The fourth-order valence-corrected chi connectivity index (χ4v) is 2.47. The van der Waals surface area contributed by atoms with Crippen LogP contribution >= 0.6 is 0 Å². The molecule has 1 atom stereocenters. The van der Waals surface area contributed by atoms with Gasteiger partial charge in [-0.15, -0.1) is 0 Å². The normalized spacial score (nSPS) is 14.1. The third-order valence-corrected chi connectivity index (χ3v) is 3.63. The van der Waals surface area contributed by atoms with Gasteiger partial charge in [0, 0.05) is 18.2 Å². The molecular weight excluding hydrogens is 282 g/mol. The van der Waals surface area contributed by atoms with Crippen LogP contribution in [0, 0.1) is 6.92 Å². The zero-order valence-electron chi connectivity index (χ0n) is 12.7. The molecule has 0 fully saturated rings. The van der Waals surface area contributed by atoms with Crippen LogP contribution in [0.5, 0.6) is 5.75 Å². The van der Waals surface area contributed by atoms with Crippen molar-refractivity contribution in [1.82, 2.24) is 5.16 Å². The highest BCUT2D eigenvalue weighted by atomic mass is 16.5. The molecule has 6 heteroatoms. The van der Waals surface area contributed by atoms with Crippen LogP contribution in [0.4, 0.5) is 11.5 Å². The van der Waals surface area contributed by atoms with Crippen LogP contribution < -0.4 is 15.4 Å². The van der Waals surface area contributed by atoms with Crippen molar-refractivity contribution in [2.45, 2.75) is 32.7 Å². The quantitative estimate of drug-likeness (QED) is 0.888. The zero-order valence-corrected chi connectivity index (χ0v) is 12.7. The Morgan fingerprint density at radius 1 is 1.41 bits per heavy atom. The number of amides is 1. The summed E-state index contributed by atoms with van der Waals surface area (Å²) in [7, 11) is 0. The number of fused-ring (bicyclic) bond motifs is 1. The van der Waals surface area contributed by atoms with Crippen molar-refractivity contribution >= 4 is 17.4 Å². The number of hydrogen-bond acceptors (Lipinski definition) is 5. The first kappa shape index (κ1) is 14.4. The summed E-state index contributed by atoms with van der Waals surface area (Å²) in [5.41, 5.74) is 2.09. The Labute approximate surface area is 128 Å². The van der Waals surface area contributed by atoms with Crippen LogP contribution in [0.2, 0.25) is 0 Å². The van der Waals surface area contributed by atoms with E-state index in [1.165, 1.54) is 5.56 Å². The van der Waals surface area contributed by atoms with Gasteiger partial charge in [-0.05, 0) is 37.1 Å². The summed E-state index contributed by atoms with van der Waals surface area (Å²) in [4.78, 5) is 12.3. The topological polar surface area (TPSA) is 76.4 Å². The van der Waals surface area contributed by atoms with E-state index in [4.69, 9.17) is 9.26 Å². The van der Waals surface area contributed by atoms with Crippen molar-refractivity contribution in [1.29, 1.82) is 0 Å². The molecule has 1 aliphatic rings. The minimum Gasteiger partial charge on any atom is -0.493 e. The first-order chi connectivity index (χ1) is 10.7. The molecule has 1 unspecified atom stereocenters. The van der Waals surface area contributed by atoms with Crippen molar-refractivity contribution in [2.24, 2.45) is 0 Å². The Balaban J connectivity index is 1.67. The minimum absolute atomic E-state index is 0.132. The van der Waals surface area contributed by atoms with Crippen LogP contribution in [0.3, 0.4) is 0 Å². The maximum absolute atomic E-state index is 12.3. The van der Waals surface area contributed by atoms with Gasteiger partial charge in [0.1, 0.15) is 17.6 Å². The monoisotopic (exact) mass is 301 g/mol. The molecule has 116 valence electrons. The molecule has 2 aromatic rings. The molecule has 1 aromatic heterocycles. The average Bonchev–Trinajstić information content (AvgIpc) is 3.12. The van der Waals surface area contributed by atoms with Crippen LogP contribution in [0.15, 0.2) is 28.8 Å². The molecule has 0 spiro atoms. The molecule has 1 aromatic carbocycles. The number of hydrogen-bond donors (Lipinski definition) is 2. The maximum Gasteiger partial charge on any atom is 0.248 e. The summed E-state index contributed by atoms with van der Waals surface area (Å²) < 4.78 is 10.4. The molecular formula is C16H19N3O3. The molecule has 0 bridgehead atoms. The van der Waals surface area contributed by atoms with Crippen LogP contribution in [0.1, 0.15) is 24.7 Å². The summed E-state index contributed by atoms with van der Waals surface area (Å²) >= 11 is 0. The third kappa shape index (κ3) is 3.05. The van der Waals surface area contributed by atoms with Gasteiger partial charge in [0.15, 0.2) is 5.82 Å². The number of carbonyl (C=O) groups is 1. The Bertz CT molecular complexity index is 681. The fraction of sp³-hybridized carbons (Fsp3) is 0.375. The summed E-state index contributed by atoms with van der Waals surface area (Å²) in [6.07, 6.45) is 1.57. The lowest BCUT2D eigenvalue weighted by Gasteiger charge is -2.17. The van der Waals surface area contributed by atoms with Gasteiger partial charge in [0.05, 0.1) is 6.61 Å². The van der Waals surface area contributed by atoms with Gasteiger partial charge in [-0.25, -0.2) is 0 Å². The standard InChI is InChI=1S/C16H19N3O3/c1-3-13(16(20)18-15-8-10(2)22-19-15)17-12-4-5-14-11(9-12)6-7-21-14/h4-5,8-9,13,17H,3,6-7H2,1-2H3,(H,18,19,20). The number of benzene rings is 1. The Morgan fingerprint density at radius 3 is 3.00 bits per heavy atom. The Hall–Kier alpha value is -2.50. The molecule has 0 saturated heterocycles. The van der Waals surface area contributed by atoms with E-state index < -0.39 is 0 Å². The van der Waals surface area contributed by atoms with Crippen LogP contribution in [-0.4, -0.2) is 23.7 Å². The zero-order chi connectivity index (χ0) is 15.5. The van der Waals surface area contributed by atoms with Crippen molar-refractivity contribution in [3.05, 3.63) is 35.6 Å². The van der Waals surface area contributed by atoms with Gasteiger partial charge >= 0.3 is 0 Å². The van der Waals surface area contributed by atoms with E-state index in [9.17, 15) is 4.79 Å². The lowest BCUT2D eigenvalue weighted by molar-refractivity contribution is -0.117. The number of nitrogens with zero attached hydrogens (tertiary/aromatic N) is 1. The van der Waals surface area contributed by atoms with Gasteiger partial charge in [0.2, 0.25) is 5.91 Å². The van der Waals surface area contributed by atoms with E-state index in [2.05, 4.69) is 15.8 Å². The predicted molar refractivity (Wildman–Crippen MR) is 83.2 cm³/mol. The van der Waals surface area contributed by atoms with E-state index in [1.807, 2.05) is 25.1 Å². The number of aryl methyl sites for hydroxylation is 1. The molecule has 0 aliphatic carbocycles. The fourth-order valence-electron chi connectivity index (χ4n) is 2.47. The van der Waals surface area contributed by atoms with Gasteiger partial charge in [-0.1, -0.05) is 12.1 Å². The highest BCUT2D eigenvalue weighted by Crippen LogP contribution is 2.28. The lowest BCUT2D eigenvalue weighted by atomic mass is 10.1. The first-order valence-corrected chi connectivity index (χ1v) is 7.42. The molecule has 1 amide bonds. The molecule has 3 rings (SSSR count). The molecule has 1 aliphatic heterocycles. The highest BCUT2D eigenvalue weighted by molar-refractivity contribution is 5.95. The summed E-state index contributed by atoms with van der Waals surface area (Å²) in [5.74, 6) is 1.90. The van der Waals surface area contributed by atoms with Gasteiger partial charge in [0.25, 0.3) is 0 Å². The number of anilines is 2. The smallest absolute Gasteiger partial charge is 0.248 e. The van der Waals surface area contributed by atoms with Gasteiger partial charge in [-0.3, -0.25) is 4.79 Å². The third-order valence-electron chi connectivity index (χ3n) is 3.63. The number of nitrogens with one attached hydrogen (secondary N) is 2. The molecule has 2 heterocycles. The van der Waals surface area contributed by atoms with Crippen molar-refractivity contribution in [3.63, 3.8) is 0 Å². The van der Waals surface area contributed by atoms with E-state index >= 15 is 0 Å². The van der Waals surface area contributed by atoms with Crippen LogP contribution in [-0.2, 0) is 11.2 Å². The SMILES string of the molecule is CCC(Nc1ccc2c(c1)CCO2)C(=O)Nc1cc(C)on1. The molecule has 0 radical (unpaired) electrons. The second-order valence-electron chi connectivity index (χ2n) is 5.34. The van der Waals surface area contributed by atoms with Crippen molar-refractivity contribution in [2.75, 3.05) is 17.2 Å². The van der Waals surface area contributed by atoms with Gasteiger partial charge < -0.3 is 19.9 Å². The number of carbonyl (C=O) groups excluding carboxylic acids is 1. The minimum atomic E-state index is -0.336. The predicted octanol–water partition coefficient (Wildman–Crippen LogP) is 2.75. The Kier molecular flexibility index (Phi) is 4.00. The molecule has 2 N–H and O–H groups in total. The number of aromatic nitrogens is 1. The summed E-state index contributed by atoms with van der Waals surface area (Å²) in [6.45, 7) is 4.47. The largest absolute Gasteiger partial charge is 0.493 e. The van der Waals surface area contributed by atoms with E-state index in [1.54, 1.807) is 13.0 Å². The molecule has 6 nitrogen and oxygen atoms in total. The van der Waals surface area contributed by atoms with E-state index in [-0.39, 0.29) is 11.9 Å². The summed E-state index contributed by atoms with van der Waals surface area (Å²) in [5, 5.41) is 9.79. The van der Waals surface area contributed by atoms with Crippen LogP contribution in [0.25, 0.3) is 0 Å². The van der Waals surface area contributed by atoms with E-state index in [0.717, 1.165) is 24.5 Å². The summed E-state index contributed by atoms with van der Waals surface area (Å²) in [6, 6.07) is 7.27. The second-order valence-corrected chi connectivity index (χ2v) is 5.34. The molecule has 22 heavy (non-hydrogen) atoms. The van der Waals surface area contributed by atoms with Crippen molar-refractivity contribution < 1.29 is 14.1 Å². The average molecular weight is 301 g/mol. The highest BCUT2D eigenvalue weighted by Gasteiger charge is 2.19. The lowest BCUT2D eigenvalue weighted by Crippen LogP contribution is -2.34. The van der Waals surface area contributed by atoms with Crippen molar-refractivity contribution in [3.8, 4) is 5.75 Å². The number of rotatable bonds is 5. The van der Waals surface area contributed by atoms with E-state index in [0.29, 0.717) is 18.0 Å². The maximum atomic E-state index is 12.3. The second kappa shape index (κ2) is 6.09.